The largest absolute Gasteiger partial charge is 0.376 e. The highest BCUT2D eigenvalue weighted by atomic mass is 16.5. The number of rotatable bonds is 4. The highest BCUT2D eigenvalue weighted by molar-refractivity contribution is 5.80. The van der Waals surface area contributed by atoms with Gasteiger partial charge in [0.05, 0.1) is 12.7 Å². The Morgan fingerprint density at radius 3 is 2.85 bits per heavy atom. The summed E-state index contributed by atoms with van der Waals surface area (Å²) in [5.41, 5.74) is 2.69. The van der Waals surface area contributed by atoms with Crippen molar-refractivity contribution in [3.63, 3.8) is 0 Å². The summed E-state index contributed by atoms with van der Waals surface area (Å²) in [7, 11) is 1.89. The fourth-order valence-corrected chi connectivity index (χ4v) is 4.03. The molecule has 0 bridgehead atoms. The third kappa shape index (κ3) is 5.45. The smallest absolute Gasteiger partial charge is 0.193 e. The first kappa shape index (κ1) is 19.2. The van der Waals surface area contributed by atoms with Crippen LogP contribution in [0.3, 0.4) is 0 Å². The van der Waals surface area contributed by atoms with E-state index in [0.717, 1.165) is 57.8 Å². The molecule has 0 aliphatic carbocycles. The van der Waals surface area contributed by atoms with Gasteiger partial charge in [0.25, 0.3) is 0 Å². The van der Waals surface area contributed by atoms with Crippen molar-refractivity contribution in [3.05, 3.63) is 35.4 Å². The Kier molecular flexibility index (Phi) is 6.92. The second kappa shape index (κ2) is 9.38. The van der Waals surface area contributed by atoms with E-state index in [1.54, 1.807) is 0 Å². The van der Waals surface area contributed by atoms with Crippen LogP contribution in [0.5, 0.6) is 0 Å². The molecule has 5 heteroatoms. The lowest BCUT2D eigenvalue weighted by Crippen LogP contribution is -2.45. The quantitative estimate of drug-likeness (QED) is 0.664. The summed E-state index contributed by atoms with van der Waals surface area (Å²) in [6.07, 6.45) is 2.93. The number of nitrogens with one attached hydrogen (secondary N) is 1. The molecule has 2 aliphatic rings. The molecule has 1 N–H and O–H groups in total. The number of piperidine rings is 1. The van der Waals surface area contributed by atoms with E-state index in [0.29, 0.717) is 6.10 Å². The number of hydrogen-bond acceptors (Lipinski definition) is 3. The maximum atomic E-state index is 5.64. The SMILES string of the molecule is CN=C(NCc1cccc(CN2CCOC(C)C2)c1)N1CCCC(C)C1. The lowest BCUT2D eigenvalue weighted by Gasteiger charge is -2.33. The molecule has 1 aromatic carbocycles. The first-order valence-corrected chi connectivity index (χ1v) is 10.0. The summed E-state index contributed by atoms with van der Waals surface area (Å²) >= 11 is 0. The zero-order valence-corrected chi connectivity index (χ0v) is 16.6. The predicted molar refractivity (Wildman–Crippen MR) is 107 cm³/mol. The molecule has 2 aliphatic heterocycles. The van der Waals surface area contributed by atoms with E-state index in [1.807, 2.05) is 7.05 Å². The Morgan fingerprint density at radius 2 is 2.08 bits per heavy atom. The van der Waals surface area contributed by atoms with Gasteiger partial charge in [0.15, 0.2) is 5.96 Å². The minimum atomic E-state index is 0.337. The van der Waals surface area contributed by atoms with E-state index in [2.05, 4.69) is 58.2 Å². The molecule has 144 valence electrons. The number of hydrogen-bond donors (Lipinski definition) is 1. The maximum absolute atomic E-state index is 5.64. The lowest BCUT2D eigenvalue weighted by molar-refractivity contribution is -0.0212. The molecule has 3 rings (SSSR count). The van der Waals surface area contributed by atoms with E-state index in [4.69, 9.17) is 4.74 Å². The predicted octanol–water partition coefficient (Wildman–Crippen LogP) is 2.71. The van der Waals surface area contributed by atoms with Gasteiger partial charge in [-0.25, -0.2) is 0 Å². The summed E-state index contributed by atoms with van der Waals surface area (Å²) in [6, 6.07) is 8.91. The Bertz CT molecular complexity index is 603. The molecule has 1 aromatic rings. The number of benzene rings is 1. The highest BCUT2D eigenvalue weighted by Crippen LogP contribution is 2.16. The van der Waals surface area contributed by atoms with Crippen LogP contribution in [0.1, 0.15) is 37.8 Å². The number of morpholine rings is 1. The molecular weight excluding hydrogens is 324 g/mol. The minimum Gasteiger partial charge on any atom is -0.376 e. The molecule has 2 fully saturated rings. The van der Waals surface area contributed by atoms with E-state index in [9.17, 15) is 0 Å². The van der Waals surface area contributed by atoms with Crippen LogP contribution in [0.2, 0.25) is 0 Å². The Labute approximate surface area is 158 Å². The first-order chi connectivity index (χ1) is 12.6. The van der Waals surface area contributed by atoms with E-state index >= 15 is 0 Å². The summed E-state index contributed by atoms with van der Waals surface area (Å²) in [5.74, 6) is 1.78. The van der Waals surface area contributed by atoms with Crippen molar-refractivity contribution in [1.29, 1.82) is 0 Å². The number of nitrogens with zero attached hydrogens (tertiary/aromatic N) is 3. The lowest BCUT2D eigenvalue weighted by atomic mass is 10.0. The molecule has 0 saturated carbocycles. The normalized spacial score (nSPS) is 25.3. The van der Waals surface area contributed by atoms with Crippen LogP contribution in [0, 0.1) is 5.92 Å². The van der Waals surface area contributed by atoms with Gasteiger partial charge < -0.3 is 15.0 Å². The average Bonchev–Trinajstić information content (AvgIpc) is 2.63. The van der Waals surface area contributed by atoms with Crippen molar-refractivity contribution in [2.24, 2.45) is 10.9 Å². The van der Waals surface area contributed by atoms with E-state index in [-0.39, 0.29) is 0 Å². The third-order valence-corrected chi connectivity index (χ3v) is 5.34. The standard InChI is InChI=1S/C21H34N4O/c1-17-6-5-9-25(14-17)21(22-3)23-13-19-7-4-8-20(12-19)16-24-10-11-26-18(2)15-24/h4,7-8,12,17-18H,5-6,9-11,13-16H2,1-3H3,(H,22,23). The number of guanidine groups is 1. The van der Waals surface area contributed by atoms with Crippen LogP contribution in [-0.2, 0) is 17.8 Å². The molecular formula is C21H34N4O. The van der Waals surface area contributed by atoms with Gasteiger partial charge in [0.2, 0.25) is 0 Å². The maximum Gasteiger partial charge on any atom is 0.193 e. The topological polar surface area (TPSA) is 40.1 Å². The van der Waals surface area contributed by atoms with Crippen LogP contribution in [0.15, 0.2) is 29.3 Å². The summed E-state index contributed by atoms with van der Waals surface area (Å²) in [6.45, 7) is 11.4. The molecule has 26 heavy (non-hydrogen) atoms. The Balaban J connectivity index is 1.54. The summed E-state index contributed by atoms with van der Waals surface area (Å²) in [5, 5.41) is 3.56. The van der Waals surface area contributed by atoms with Crippen LogP contribution >= 0.6 is 0 Å². The fraction of sp³-hybridized carbons (Fsp3) is 0.667. The Hall–Kier alpha value is -1.59. The summed E-state index contributed by atoms with van der Waals surface area (Å²) in [4.78, 5) is 9.37. The first-order valence-electron chi connectivity index (χ1n) is 10.0. The number of likely N-dealkylation sites (tertiary alicyclic amines) is 1. The number of ether oxygens (including phenoxy) is 1. The molecule has 2 unspecified atom stereocenters. The van der Waals surface area contributed by atoms with E-state index in [1.165, 1.54) is 24.0 Å². The highest BCUT2D eigenvalue weighted by Gasteiger charge is 2.19. The molecule has 2 atom stereocenters. The molecule has 0 aromatic heterocycles. The molecule has 0 spiro atoms. The van der Waals surface area contributed by atoms with Crippen molar-refractivity contribution in [2.45, 2.75) is 45.9 Å². The number of aliphatic imine (C=N–C) groups is 1. The zero-order valence-electron chi connectivity index (χ0n) is 16.6. The Morgan fingerprint density at radius 1 is 1.23 bits per heavy atom. The second-order valence-electron chi connectivity index (χ2n) is 7.83. The van der Waals surface area contributed by atoms with Crippen LogP contribution < -0.4 is 5.32 Å². The van der Waals surface area contributed by atoms with Crippen LogP contribution in [0.4, 0.5) is 0 Å². The van der Waals surface area contributed by atoms with Gasteiger partial charge in [-0.15, -0.1) is 0 Å². The van der Waals surface area contributed by atoms with E-state index < -0.39 is 0 Å². The van der Waals surface area contributed by atoms with Gasteiger partial charge in [-0.3, -0.25) is 9.89 Å². The monoisotopic (exact) mass is 358 g/mol. The molecule has 0 radical (unpaired) electrons. The molecule has 2 heterocycles. The van der Waals surface area contributed by atoms with Crippen molar-refractivity contribution >= 4 is 5.96 Å². The second-order valence-corrected chi connectivity index (χ2v) is 7.83. The van der Waals surface area contributed by atoms with Crippen molar-refractivity contribution in [1.82, 2.24) is 15.1 Å². The van der Waals surface area contributed by atoms with Crippen molar-refractivity contribution in [3.8, 4) is 0 Å². The van der Waals surface area contributed by atoms with Gasteiger partial charge in [-0.1, -0.05) is 31.2 Å². The van der Waals surface area contributed by atoms with Crippen LogP contribution in [0.25, 0.3) is 0 Å². The fourth-order valence-electron chi connectivity index (χ4n) is 4.03. The molecule has 2 saturated heterocycles. The van der Waals surface area contributed by atoms with Crippen molar-refractivity contribution < 1.29 is 4.74 Å². The molecule has 0 amide bonds. The van der Waals surface area contributed by atoms with Crippen molar-refractivity contribution in [2.75, 3.05) is 39.8 Å². The minimum absolute atomic E-state index is 0.337. The third-order valence-electron chi connectivity index (χ3n) is 5.34. The summed E-state index contributed by atoms with van der Waals surface area (Å²) < 4.78 is 5.64. The van der Waals surface area contributed by atoms with Gasteiger partial charge >= 0.3 is 0 Å². The van der Waals surface area contributed by atoms with Gasteiger partial charge in [0.1, 0.15) is 0 Å². The van der Waals surface area contributed by atoms with Gasteiger partial charge in [0, 0.05) is 46.3 Å². The average molecular weight is 359 g/mol. The van der Waals surface area contributed by atoms with Crippen LogP contribution in [-0.4, -0.2) is 61.7 Å². The van der Waals surface area contributed by atoms with Gasteiger partial charge in [-0.05, 0) is 36.8 Å². The zero-order chi connectivity index (χ0) is 18.4. The van der Waals surface area contributed by atoms with Gasteiger partial charge in [-0.2, -0.15) is 0 Å². The molecule has 5 nitrogen and oxygen atoms in total.